The molecule has 1 aromatic heterocycles. The number of hydrogen-bond acceptors (Lipinski definition) is 3. The van der Waals surface area contributed by atoms with Crippen LogP contribution in [0.4, 0.5) is 4.39 Å². The molecule has 106 valence electrons. The minimum absolute atomic E-state index is 0.151. The van der Waals surface area contributed by atoms with Crippen LogP contribution in [0, 0.1) is 5.82 Å². The molecule has 2 heterocycles. The van der Waals surface area contributed by atoms with Gasteiger partial charge in [-0.25, -0.2) is 13.9 Å². The molecule has 6 heteroatoms. The van der Waals surface area contributed by atoms with E-state index in [-0.39, 0.29) is 18.1 Å². The smallest absolute Gasteiger partial charge is 0.326 e. The van der Waals surface area contributed by atoms with Crippen LogP contribution in [0.3, 0.4) is 0 Å². The van der Waals surface area contributed by atoms with Crippen LogP contribution < -0.4 is 11.4 Å². The second-order valence-corrected chi connectivity index (χ2v) is 5.10. The number of rotatable bonds is 3. The van der Waals surface area contributed by atoms with Crippen molar-refractivity contribution in [3.05, 3.63) is 51.5 Å². The summed E-state index contributed by atoms with van der Waals surface area (Å²) in [5.41, 5.74) is 6.52. The lowest BCUT2D eigenvalue weighted by atomic mass is 10.1. The summed E-state index contributed by atoms with van der Waals surface area (Å²) in [4.78, 5) is 12.2. The maximum atomic E-state index is 13.9. The van der Waals surface area contributed by atoms with E-state index in [4.69, 9.17) is 5.73 Å². The number of fused-ring (bicyclic) bond motifs is 1. The Kier molecular flexibility index (Phi) is 3.40. The van der Waals surface area contributed by atoms with Gasteiger partial charge in [0.05, 0.1) is 6.54 Å². The average Bonchev–Trinajstić information content (AvgIpc) is 2.78. The molecule has 0 fully saturated rings. The van der Waals surface area contributed by atoms with Gasteiger partial charge in [-0.15, -0.1) is 0 Å². The second kappa shape index (κ2) is 5.20. The van der Waals surface area contributed by atoms with Crippen molar-refractivity contribution < 1.29 is 4.39 Å². The Morgan fingerprint density at radius 3 is 2.90 bits per heavy atom. The summed E-state index contributed by atoms with van der Waals surface area (Å²) < 4.78 is 17.0. The number of nitrogens with zero attached hydrogens (tertiary/aromatic N) is 3. The molecule has 1 aliphatic rings. The highest BCUT2D eigenvalue weighted by Gasteiger charge is 2.17. The van der Waals surface area contributed by atoms with Crippen LogP contribution in [-0.2, 0) is 26.1 Å². The molecule has 0 saturated heterocycles. The molecule has 0 spiro atoms. The van der Waals surface area contributed by atoms with E-state index in [0.717, 1.165) is 30.7 Å². The summed E-state index contributed by atoms with van der Waals surface area (Å²) >= 11 is 0. The van der Waals surface area contributed by atoms with Crippen molar-refractivity contribution >= 4 is 0 Å². The molecule has 5 nitrogen and oxygen atoms in total. The molecular weight excluding hydrogens is 259 g/mol. The molecule has 0 unspecified atom stereocenters. The van der Waals surface area contributed by atoms with Gasteiger partial charge in [0.25, 0.3) is 0 Å². The standard InChI is InChI=1S/C14H17FN4O/c15-12-7-10(8-16)4-5-11(12)9-19-14(20)18-6-2-1-3-13(18)17-19/h4-5,7H,1-3,6,8-9,16H2. The molecule has 2 aromatic rings. The SMILES string of the molecule is NCc1ccc(Cn2nc3n(c2=O)CCCC3)c(F)c1. The third kappa shape index (κ3) is 2.27. The van der Waals surface area contributed by atoms with Gasteiger partial charge >= 0.3 is 5.69 Å². The van der Waals surface area contributed by atoms with Gasteiger partial charge in [0.1, 0.15) is 11.6 Å². The zero-order valence-electron chi connectivity index (χ0n) is 11.2. The lowest BCUT2D eigenvalue weighted by Gasteiger charge is -2.09. The zero-order valence-corrected chi connectivity index (χ0v) is 11.2. The quantitative estimate of drug-likeness (QED) is 0.910. The van der Waals surface area contributed by atoms with Gasteiger partial charge in [-0.3, -0.25) is 4.57 Å². The van der Waals surface area contributed by atoms with Crippen LogP contribution in [0.15, 0.2) is 23.0 Å². The lowest BCUT2D eigenvalue weighted by molar-refractivity contribution is 0.511. The fourth-order valence-electron chi connectivity index (χ4n) is 2.56. The molecule has 0 atom stereocenters. The van der Waals surface area contributed by atoms with E-state index in [1.165, 1.54) is 10.7 Å². The predicted molar refractivity (Wildman–Crippen MR) is 72.8 cm³/mol. The van der Waals surface area contributed by atoms with Crippen LogP contribution in [0.2, 0.25) is 0 Å². The van der Waals surface area contributed by atoms with Crippen molar-refractivity contribution in [2.75, 3.05) is 0 Å². The summed E-state index contributed by atoms with van der Waals surface area (Å²) in [6.45, 7) is 1.17. The van der Waals surface area contributed by atoms with E-state index >= 15 is 0 Å². The van der Waals surface area contributed by atoms with E-state index in [0.29, 0.717) is 18.7 Å². The monoisotopic (exact) mass is 276 g/mol. The van der Waals surface area contributed by atoms with Crippen LogP contribution >= 0.6 is 0 Å². The molecule has 2 N–H and O–H groups in total. The largest absolute Gasteiger partial charge is 0.346 e. The summed E-state index contributed by atoms with van der Waals surface area (Å²) in [6.07, 6.45) is 2.87. The number of aromatic nitrogens is 3. The van der Waals surface area contributed by atoms with Crippen molar-refractivity contribution in [1.29, 1.82) is 0 Å². The van der Waals surface area contributed by atoms with Crippen LogP contribution in [-0.4, -0.2) is 14.3 Å². The number of halogens is 1. The Morgan fingerprint density at radius 1 is 1.35 bits per heavy atom. The molecule has 3 rings (SSSR count). The first-order valence-corrected chi connectivity index (χ1v) is 6.83. The van der Waals surface area contributed by atoms with E-state index in [2.05, 4.69) is 5.10 Å². The van der Waals surface area contributed by atoms with E-state index in [1.807, 2.05) is 0 Å². The van der Waals surface area contributed by atoms with Gasteiger partial charge in [-0.1, -0.05) is 12.1 Å². The molecule has 1 aromatic carbocycles. The molecule has 1 aliphatic heterocycles. The number of benzene rings is 1. The predicted octanol–water partition coefficient (Wildman–Crippen LogP) is 1.03. The maximum absolute atomic E-state index is 13.9. The number of nitrogens with two attached hydrogens (primary N) is 1. The summed E-state index contributed by atoms with van der Waals surface area (Å²) in [6, 6.07) is 4.86. The highest BCUT2D eigenvalue weighted by atomic mass is 19.1. The fraction of sp³-hybridized carbons (Fsp3) is 0.429. The third-order valence-corrected chi connectivity index (χ3v) is 3.70. The van der Waals surface area contributed by atoms with Crippen molar-refractivity contribution in [1.82, 2.24) is 14.3 Å². The van der Waals surface area contributed by atoms with Gasteiger partial charge in [-0.05, 0) is 24.5 Å². The minimum atomic E-state index is -0.342. The highest BCUT2D eigenvalue weighted by Crippen LogP contribution is 2.13. The first kappa shape index (κ1) is 13.1. The molecule has 0 saturated carbocycles. The Labute approximate surface area is 115 Å². The van der Waals surface area contributed by atoms with Crippen molar-refractivity contribution in [3.8, 4) is 0 Å². The Hall–Kier alpha value is -1.95. The molecule has 0 amide bonds. The lowest BCUT2D eigenvalue weighted by Crippen LogP contribution is -2.27. The Bertz CT molecular complexity index is 689. The van der Waals surface area contributed by atoms with Gasteiger partial charge in [0, 0.05) is 25.1 Å². The Balaban J connectivity index is 1.92. The topological polar surface area (TPSA) is 65.8 Å². The molecule has 0 aliphatic carbocycles. The first-order valence-electron chi connectivity index (χ1n) is 6.83. The van der Waals surface area contributed by atoms with Gasteiger partial charge in [0.15, 0.2) is 0 Å². The summed E-state index contributed by atoms with van der Waals surface area (Å²) in [5.74, 6) is 0.464. The molecule has 20 heavy (non-hydrogen) atoms. The van der Waals surface area contributed by atoms with Gasteiger partial charge in [-0.2, -0.15) is 5.10 Å². The van der Waals surface area contributed by atoms with Gasteiger partial charge < -0.3 is 5.73 Å². The van der Waals surface area contributed by atoms with Crippen LogP contribution in [0.5, 0.6) is 0 Å². The van der Waals surface area contributed by atoms with Crippen molar-refractivity contribution in [3.63, 3.8) is 0 Å². The third-order valence-electron chi connectivity index (χ3n) is 3.70. The maximum Gasteiger partial charge on any atom is 0.346 e. The van der Waals surface area contributed by atoms with Gasteiger partial charge in [0.2, 0.25) is 0 Å². The minimum Gasteiger partial charge on any atom is -0.326 e. The normalized spacial score (nSPS) is 14.3. The first-order chi connectivity index (χ1) is 9.69. The van der Waals surface area contributed by atoms with E-state index < -0.39 is 0 Å². The average molecular weight is 276 g/mol. The second-order valence-electron chi connectivity index (χ2n) is 5.10. The van der Waals surface area contributed by atoms with E-state index in [1.54, 1.807) is 16.7 Å². The highest BCUT2D eigenvalue weighted by molar-refractivity contribution is 5.24. The Morgan fingerprint density at radius 2 is 2.20 bits per heavy atom. The van der Waals surface area contributed by atoms with Crippen LogP contribution in [0.1, 0.15) is 29.8 Å². The van der Waals surface area contributed by atoms with E-state index in [9.17, 15) is 9.18 Å². The molecular formula is C14H17FN4O. The zero-order chi connectivity index (χ0) is 14.1. The molecule has 0 bridgehead atoms. The summed E-state index contributed by atoms with van der Waals surface area (Å²) in [5, 5.41) is 4.31. The van der Waals surface area contributed by atoms with Crippen LogP contribution in [0.25, 0.3) is 0 Å². The van der Waals surface area contributed by atoms with Crippen molar-refractivity contribution in [2.24, 2.45) is 5.73 Å². The molecule has 0 radical (unpaired) electrons. The number of hydrogen-bond donors (Lipinski definition) is 1. The van der Waals surface area contributed by atoms with Crippen molar-refractivity contribution in [2.45, 2.75) is 38.9 Å². The number of aryl methyl sites for hydroxylation is 1. The fourth-order valence-corrected chi connectivity index (χ4v) is 2.56. The summed E-state index contributed by atoms with van der Waals surface area (Å²) in [7, 11) is 0.